The van der Waals surface area contributed by atoms with Crippen molar-refractivity contribution in [1.82, 2.24) is 0 Å². The molecule has 0 unspecified atom stereocenters. The average molecular weight is 230 g/mol. The van der Waals surface area contributed by atoms with Gasteiger partial charge in [0.1, 0.15) is 0 Å². The molecule has 0 spiro atoms. The first-order valence-electron chi connectivity index (χ1n) is 5.07. The quantitative estimate of drug-likeness (QED) is 0.629. The minimum atomic E-state index is 0.803. The molecule has 2 nitrogen and oxygen atoms in total. The lowest BCUT2D eigenvalue weighted by atomic mass is 10.2. The molecule has 0 atom stereocenters. The summed E-state index contributed by atoms with van der Waals surface area (Å²) in [5.74, 6) is 0.949. The lowest BCUT2D eigenvalue weighted by molar-refractivity contribution is 1.38. The molecule has 0 aromatic heterocycles. The number of nitrogens with two attached hydrogens (primary N) is 2. The molecule has 0 fully saturated rings. The summed E-state index contributed by atoms with van der Waals surface area (Å²) in [7, 11) is 0. The van der Waals surface area contributed by atoms with Crippen molar-refractivity contribution in [2.24, 2.45) is 0 Å². The number of benzene rings is 2. The zero-order valence-electron chi connectivity index (χ0n) is 8.89. The van der Waals surface area contributed by atoms with Gasteiger partial charge in [-0.05, 0) is 42.0 Å². The Morgan fingerprint density at radius 3 is 1.81 bits per heavy atom. The minimum absolute atomic E-state index is 0.803. The van der Waals surface area contributed by atoms with Gasteiger partial charge in [0.15, 0.2) is 0 Å². The molecule has 2 aromatic carbocycles. The molecule has 4 N–H and O–H groups in total. The molecule has 0 radical (unpaired) electrons. The van der Waals surface area contributed by atoms with E-state index in [4.69, 9.17) is 11.5 Å². The summed E-state index contributed by atoms with van der Waals surface area (Å²) in [6.45, 7) is 0. The van der Waals surface area contributed by atoms with Gasteiger partial charge in [-0.3, -0.25) is 0 Å². The van der Waals surface area contributed by atoms with E-state index in [0.717, 1.165) is 17.1 Å². The summed E-state index contributed by atoms with van der Waals surface area (Å²) in [5, 5.41) is 0. The van der Waals surface area contributed by atoms with Gasteiger partial charge in [-0.1, -0.05) is 12.1 Å². The van der Waals surface area contributed by atoms with Crippen LogP contribution in [0.2, 0.25) is 0 Å². The van der Waals surface area contributed by atoms with Crippen molar-refractivity contribution in [3.05, 3.63) is 54.1 Å². The van der Waals surface area contributed by atoms with E-state index < -0.39 is 0 Å². The molecule has 0 amide bonds. The second kappa shape index (κ2) is 4.94. The number of hydrogen-bond acceptors (Lipinski definition) is 3. The van der Waals surface area contributed by atoms with Crippen molar-refractivity contribution in [3.63, 3.8) is 0 Å². The number of anilines is 2. The molecule has 0 heterocycles. The first kappa shape index (κ1) is 10.9. The van der Waals surface area contributed by atoms with Crippen molar-refractivity contribution in [2.45, 2.75) is 10.6 Å². The van der Waals surface area contributed by atoms with Crippen molar-refractivity contribution >= 4 is 23.1 Å². The van der Waals surface area contributed by atoms with E-state index in [1.54, 1.807) is 11.8 Å². The zero-order chi connectivity index (χ0) is 11.4. The van der Waals surface area contributed by atoms with Crippen LogP contribution < -0.4 is 11.5 Å². The van der Waals surface area contributed by atoms with Gasteiger partial charge in [0.2, 0.25) is 0 Å². The standard InChI is InChI=1S/C13H14N2S/c14-11-3-1-10(2-4-11)9-16-13-7-5-12(15)6-8-13/h1-8H,9,14-15H2. The largest absolute Gasteiger partial charge is 0.399 e. The Labute approximate surface area is 99.7 Å². The average Bonchev–Trinajstić information content (AvgIpc) is 2.30. The van der Waals surface area contributed by atoms with E-state index >= 15 is 0 Å². The molecule has 2 aromatic rings. The number of nitrogen functional groups attached to an aromatic ring is 2. The topological polar surface area (TPSA) is 52.0 Å². The van der Waals surface area contributed by atoms with Crippen LogP contribution in [0, 0.1) is 0 Å². The van der Waals surface area contributed by atoms with Crippen LogP contribution in [0.5, 0.6) is 0 Å². The third-order valence-electron chi connectivity index (χ3n) is 2.27. The van der Waals surface area contributed by atoms with Crippen molar-refractivity contribution in [3.8, 4) is 0 Å². The molecular formula is C13H14N2S. The molecule has 0 bridgehead atoms. The Morgan fingerprint density at radius 1 is 0.750 bits per heavy atom. The van der Waals surface area contributed by atoms with Gasteiger partial charge in [-0.15, -0.1) is 11.8 Å². The monoisotopic (exact) mass is 230 g/mol. The summed E-state index contributed by atoms with van der Waals surface area (Å²) in [6, 6.07) is 15.9. The highest BCUT2D eigenvalue weighted by molar-refractivity contribution is 7.98. The zero-order valence-corrected chi connectivity index (χ0v) is 9.71. The van der Waals surface area contributed by atoms with Gasteiger partial charge in [0.05, 0.1) is 0 Å². The van der Waals surface area contributed by atoms with Gasteiger partial charge in [-0.2, -0.15) is 0 Å². The van der Waals surface area contributed by atoms with Gasteiger partial charge in [0, 0.05) is 22.0 Å². The highest BCUT2D eigenvalue weighted by Crippen LogP contribution is 2.23. The molecule has 82 valence electrons. The van der Waals surface area contributed by atoms with Gasteiger partial charge >= 0.3 is 0 Å². The Balaban J connectivity index is 1.97. The maximum Gasteiger partial charge on any atom is 0.0314 e. The van der Waals surface area contributed by atoms with E-state index in [0.29, 0.717) is 0 Å². The summed E-state index contributed by atoms with van der Waals surface area (Å²) in [5.41, 5.74) is 14.1. The predicted octanol–water partition coefficient (Wildman–Crippen LogP) is 3.14. The van der Waals surface area contributed by atoms with Crippen LogP contribution in [-0.4, -0.2) is 0 Å². The van der Waals surface area contributed by atoms with Crippen LogP contribution in [0.15, 0.2) is 53.4 Å². The van der Waals surface area contributed by atoms with E-state index in [2.05, 4.69) is 12.1 Å². The molecule has 0 aliphatic heterocycles. The lowest BCUT2D eigenvalue weighted by Gasteiger charge is -2.03. The number of rotatable bonds is 3. The normalized spacial score (nSPS) is 10.2. The van der Waals surface area contributed by atoms with Crippen LogP contribution in [0.25, 0.3) is 0 Å². The molecule has 0 aliphatic rings. The Hall–Kier alpha value is -1.61. The first-order valence-corrected chi connectivity index (χ1v) is 6.05. The maximum atomic E-state index is 5.63. The Morgan fingerprint density at radius 2 is 1.25 bits per heavy atom. The summed E-state index contributed by atoms with van der Waals surface area (Å²) >= 11 is 1.79. The predicted molar refractivity (Wildman–Crippen MR) is 71.3 cm³/mol. The summed E-state index contributed by atoms with van der Waals surface area (Å²) in [4.78, 5) is 1.23. The number of thioether (sulfide) groups is 1. The molecule has 0 saturated heterocycles. The molecule has 3 heteroatoms. The number of hydrogen-bond donors (Lipinski definition) is 2. The third kappa shape index (κ3) is 2.94. The van der Waals surface area contributed by atoms with Crippen LogP contribution in [0.1, 0.15) is 5.56 Å². The molecule has 0 saturated carbocycles. The maximum absolute atomic E-state index is 5.63. The Bertz CT molecular complexity index is 403. The van der Waals surface area contributed by atoms with Crippen molar-refractivity contribution in [1.29, 1.82) is 0 Å². The van der Waals surface area contributed by atoms with Crippen LogP contribution in [0.4, 0.5) is 11.4 Å². The smallest absolute Gasteiger partial charge is 0.0314 e. The van der Waals surface area contributed by atoms with Crippen molar-refractivity contribution < 1.29 is 0 Å². The molecule has 16 heavy (non-hydrogen) atoms. The van der Waals surface area contributed by atoms with Crippen molar-refractivity contribution in [2.75, 3.05) is 11.5 Å². The lowest BCUT2D eigenvalue weighted by Crippen LogP contribution is -1.86. The first-order chi connectivity index (χ1) is 7.74. The van der Waals surface area contributed by atoms with E-state index in [1.807, 2.05) is 36.4 Å². The van der Waals surface area contributed by atoms with Gasteiger partial charge < -0.3 is 11.5 Å². The van der Waals surface area contributed by atoms with Gasteiger partial charge in [-0.25, -0.2) is 0 Å². The van der Waals surface area contributed by atoms with E-state index in [9.17, 15) is 0 Å². The van der Waals surface area contributed by atoms with E-state index in [1.165, 1.54) is 10.5 Å². The fourth-order valence-corrected chi connectivity index (χ4v) is 2.20. The molecular weight excluding hydrogens is 216 g/mol. The highest BCUT2D eigenvalue weighted by Gasteiger charge is 1.96. The van der Waals surface area contributed by atoms with Crippen LogP contribution >= 0.6 is 11.8 Å². The van der Waals surface area contributed by atoms with E-state index in [-0.39, 0.29) is 0 Å². The van der Waals surface area contributed by atoms with Crippen LogP contribution in [0.3, 0.4) is 0 Å². The Kier molecular flexibility index (Phi) is 3.37. The third-order valence-corrected chi connectivity index (χ3v) is 3.35. The fourth-order valence-electron chi connectivity index (χ4n) is 1.34. The SMILES string of the molecule is Nc1ccc(CSc2ccc(N)cc2)cc1. The second-order valence-electron chi connectivity index (χ2n) is 3.60. The summed E-state index contributed by atoms with van der Waals surface area (Å²) < 4.78 is 0. The van der Waals surface area contributed by atoms with Gasteiger partial charge in [0.25, 0.3) is 0 Å². The minimum Gasteiger partial charge on any atom is -0.399 e. The second-order valence-corrected chi connectivity index (χ2v) is 4.65. The highest BCUT2D eigenvalue weighted by atomic mass is 32.2. The summed E-state index contributed by atoms with van der Waals surface area (Å²) in [6.07, 6.45) is 0. The molecule has 2 rings (SSSR count). The molecule has 0 aliphatic carbocycles. The fraction of sp³-hybridized carbons (Fsp3) is 0.0769. The van der Waals surface area contributed by atoms with Crippen LogP contribution in [-0.2, 0) is 5.75 Å².